The topological polar surface area (TPSA) is 84.3 Å². The third kappa shape index (κ3) is 3.39. The Hall–Kier alpha value is -1.95. The van der Waals surface area contributed by atoms with Crippen molar-refractivity contribution >= 4 is 17.3 Å². The highest BCUT2D eigenvalue weighted by Crippen LogP contribution is 2.29. The molecule has 0 saturated carbocycles. The van der Waals surface area contributed by atoms with Crippen molar-refractivity contribution in [2.24, 2.45) is 5.41 Å². The monoisotopic (exact) mass is 291 g/mol. The van der Waals surface area contributed by atoms with E-state index < -0.39 is 10.3 Å². The zero-order valence-electron chi connectivity index (χ0n) is 12.4. The lowest BCUT2D eigenvalue weighted by molar-refractivity contribution is -0.385. The predicted octanol–water partition coefficient (Wildman–Crippen LogP) is 2.49. The van der Waals surface area contributed by atoms with E-state index in [9.17, 15) is 14.9 Å². The molecule has 1 atom stereocenters. The number of anilines is 1. The molecule has 1 aromatic carbocycles. The Morgan fingerprint density at radius 1 is 1.52 bits per heavy atom. The molecule has 1 fully saturated rings. The van der Waals surface area contributed by atoms with E-state index in [1.165, 1.54) is 6.07 Å². The molecular weight excluding hydrogens is 270 g/mol. The van der Waals surface area contributed by atoms with E-state index in [2.05, 4.69) is 10.6 Å². The number of hydrogen-bond donors (Lipinski definition) is 2. The second-order valence-electron chi connectivity index (χ2n) is 5.75. The summed E-state index contributed by atoms with van der Waals surface area (Å²) >= 11 is 0. The Morgan fingerprint density at radius 2 is 2.29 bits per heavy atom. The van der Waals surface area contributed by atoms with Gasteiger partial charge < -0.3 is 10.6 Å². The third-order valence-electron chi connectivity index (χ3n) is 4.07. The van der Waals surface area contributed by atoms with Crippen molar-refractivity contribution in [2.75, 3.05) is 18.4 Å². The van der Waals surface area contributed by atoms with Crippen LogP contribution in [0.4, 0.5) is 11.4 Å². The van der Waals surface area contributed by atoms with Gasteiger partial charge in [0, 0.05) is 23.9 Å². The summed E-state index contributed by atoms with van der Waals surface area (Å²) in [5.41, 5.74) is 0.748. The number of benzene rings is 1. The van der Waals surface area contributed by atoms with Gasteiger partial charge in [-0.05, 0) is 38.8 Å². The molecule has 6 nitrogen and oxygen atoms in total. The Kier molecular flexibility index (Phi) is 4.57. The SMILES string of the molecule is CCc1ccc(NC(=O)C2(C)CCCNC2)cc1[N+](=O)[O-]. The fourth-order valence-corrected chi connectivity index (χ4v) is 2.64. The maximum absolute atomic E-state index is 12.4. The molecule has 0 aromatic heterocycles. The molecule has 114 valence electrons. The second kappa shape index (κ2) is 6.22. The number of nitrogens with one attached hydrogen (secondary N) is 2. The molecule has 0 bridgehead atoms. The van der Waals surface area contributed by atoms with Crippen molar-refractivity contribution < 1.29 is 9.72 Å². The minimum atomic E-state index is -0.462. The zero-order valence-corrected chi connectivity index (χ0v) is 12.4. The van der Waals surface area contributed by atoms with Gasteiger partial charge in [0.25, 0.3) is 5.69 Å². The summed E-state index contributed by atoms with van der Waals surface area (Å²) in [5, 5.41) is 17.1. The standard InChI is InChI=1S/C15H21N3O3/c1-3-11-5-6-12(9-13(11)18(20)21)17-14(19)15(2)7-4-8-16-10-15/h5-6,9,16H,3-4,7-8,10H2,1-2H3,(H,17,19). The van der Waals surface area contributed by atoms with Crippen LogP contribution in [0.2, 0.25) is 0 Å². The quantitative estimate of drug-likeness (QED) is 0.659. The van der Waals surface area contributed by atoms with Crippen molar-refractivity contribution in [3.05, 3.63) is 33.9 Å². The van der Waals surface area contributed by atoms with Crippen molar-refractivity contribution in [1.29, 1.82) is 0 Å². The van der Waals surface area contributed by atoms with E-state index in [-0.39, 0.29) is 11.6 Å². The van der Waals surface area contributed by atoms with Gasteiger partial charge in [-0.3, -0.25) is 14.9 Å². The van der Waals surface area contributed by atoms with Crippen LogP contribution in [0.1, 0.15) is 32.3 Å². The van der Waals surface area contributed by atoms with Crippen LogP contribution in [0.25, 0.3) is 0 Å². The van der Waals surface area contributed by atoms with Gasteiger partial charge in [-0.25, -0.2) is 0 Å². The molecule has 1 aliphatic rings. The minimum Gasteiger partial charge on any atom is -0.325 e. The van der Waals surface area contributed by atoms with E-state index in [0.29, 0.717) is 24.2 Å². The van der Waals surface area contributed by atoms with Gasteiger partial charge in [-0.15, -0.1) is 0 Å². The predicted molar refractivity (Wildman–Crippen MR) is 81.3 cm³/mol. The molecule has 1 saturated heterocycles. The fourth-order valence-electron chi connectivity index (χ4n) is 2.64. The Balaban J connectivity index is 2.17. The molecule has 1 aromatic rings. The van der Waals surface area contributed by atoms with Gasteiger partial charge in [0.2, 0.25) is 5.91 Å². The van der Waals surface area contributed by atoms with Crippen molar-refractivity contribution in [2.45, 2.75) is 33.1 Å². The molecule has 2 rings (SSSR count). The highest BCUT2D eigenvalue weighted by atomic mass is 16.6. The highest BCUT2D eigenvalue weighted by molar-refractivity contribution is 5.95. The number of aryl methyl sites for hydroxylation is 1. The van der Waals surface area contributed by atoms with Crippen LogP contribution in [0.3, 0.4) is 0 Å². The summed E-state index contributed by atoms with van der Waals surface area (Å²) in [7, 11) is 0. The average Bonchev–Trinajstić information content (AvgIpc) is 2.47. The number of rotatable bonds is 4. The summed E-state index contributed by atoms with van der Waals surface area (Å²) in [6.45, 7) is 5.35. The van der Waals surface area contributed by atoms with Crippen LogP contribution in [-0.2, 0) is 11.2 Å². The van der Waals surface area contributed by atoms with Crippen LogP contribution in [-0.4, -0.2) is 23.9 Å². The lowest BCUT2D eigenvalue weighted by atomic mass is 9.82. The lowest BCUT2D eigenvalue weighted by Crippen LogP contribution is -2.46. The first-order valence-electron chi connectivity index (χ1n) is 7.26. The Morgan fingerprint density at radius 3 is 2.86 bits per heavy atom. The molecule has 2 N–H and O–H groups in total. The van der Waals surface area contributed by atoms with Crippen molar-refractivity contribution in [3.63, 3.8) is 0 Å². The van der Waals surface area contributed by atoms with Crippen molar-refractivity contribution in [3.8, 4) is 0 Å². The van der Waals surface area contributed by atoms with Crippen LogP contribution < -0.4 is 10.6 Å². The smallest absolute Gasteiger partial charge is 0.274 e. The average molecular weight is 291 g/mol. The summed E-state index contributed by atoms with van der Waals surface area (Å²) < 4.78 is 0. The number of hydrogen-bond acceptors (Lipinski definition) is 4. The third-order valence-corrected chi connectivity index (χ3v) is 4.07. The fraction of sp³-hybridized carbons (Fsp3) is 0.533. The maximum atomic E-state index is 12.4. The lowest BCUT2D eigenvalue weighted by Gasteiger charge is -2.32. The van der Waals surface area contributed by atoms with E-state index in [4.69, 9.17) is 0 Å². The number of amides is 1. The van der Waals surface area contributed by atoms with Gasteiger partial charge in [0.15, 0.2) is 0 Å². The van der Waals surface area contributed by atoms with Crippen LogP contribution in [0.5, 0.6) is 0 Å². The first-order valence-corrected chi connectivity index (χ1v) is 7.26. The number of nitro groups is 1. The first kappa shape index (κ1) is 15.4. The number of nitrogens with zero attached hydrogens (tertiary/aromatic N) is 1. The second-order valence-corrected chi connectivity index (χ2v) is 5.75. The normalized spacial score (nSPS) is 21.8. The summed E-state index contributed by atoms with van der Waals surface area (Å²) in [4.78, 5) is 23.1. The summed E-state index contributed by atoms with van der Waals surface area (Å²) in [6, 6.07) is 4.87. The molecule has 6 heteroatoms. The van der Waals surface area contributed by atoms with Crippen LogP contribution in [0.15, 0.2) is 18.2 Å². The van der Waals surface area contributed by atoms with E-state index >= 15 is 0 Å². The van der Waals surface area contributed by atoms with Crippen molar-refractivity contribution in [1.82, 2.24) is 5.32 Å². The molecule has 1 unspecified atom stereocenters. The highest BCUT2D eigenvalue weighted by Gasteiger charge is 2.34. The number of piperidine rings is 1. The summed E-state index contributed by atoms with van der Waals surface area (Å²) in [5.74, 6) is -0.0896. The molecular formula is C15H21N3O3. The molecule has 1 heterocycles. The van der Waals surface area contributed by atoms with Crippen LogP contribution >= 0.6 is 0 Å². The van der Waals surface area contributed by atoms with Gasteiger partial charge in [0.1, 0.15) is 0 Å². The van der Waals surface area contributed by atoms with Gasteiger partial charge in [-0.1, -0.05) is 13.0 Å². The molecule has 1 amide bonds. The largest absolute Gasteiger partial charge is 0.325 e. The van der Waals surface area contributed by atoms with E-state index in [1.54, 1.807) is 12.1 Å². The number of carbonyl (C=O) groups excluding carboxylic acids is 1. The summed E-state index contributed by atoms with van der Waals surface area (Å²) in [6.07, 6.45) is 2.37. The minimum absolute atomic E-state index is 0.0576. The maximum Gasteiger partial charge on any atom is 0.274 e. The zero-order chi connectivity index (χ0) is 15.5. The van der Waals surface area contributed by atoms with Gasteiger partial charge >= 0.3 is 0 Å². The molecule has 1 aliphatic heterocycles. The first-order chi connectivity index (χ1) is 9.96. The Labute approximate surface area is 124 Å². The van der Waals surface area contributed by atoms with E-state index in [0.717, 1.165) is 19.4 Å². The van der Waals surface area contributed by atoms with Gasteiger partial charge in [0.05, 0.1) is 10.3 Å². The number of carbonyl (C=O) groups is 1. The molecule has 0 spiro atoms. The molecule has 21 heavy (non-hydrogen) atoms. The molecule has 0 aliphatic carbocycles. The van der Waals surface area contributed by atoms with Crippen LogP contribution in [0, 0.1) is 15.5 Å². The van der Waals surface area contributed by atoms with Gasteiger partial charge in [-0.2, -0.15) is 0 Å². The Bertz CT molecular complexity index is 551. The molecule has 0 radical (unpaired) electrons. The van der Waals surface area contributed by atoms with E-state index in [1.807, 2.05) is 13.8 Å². The number of nitro benzene ring substituents is 1.